The van der Waals surface area contributed by atoms with Gasteiger partial charge in [-0.15, -0.1) is 11.6 Å². The number of benzene rings is 1. The Bertz CT molecular complexity index is 497. The van der Waals surface area contributed by atoms with Crippen LogP contribution in [0.5, 0.6) is 0 Å². The number of nitrogens with zero attached hydrogens (tertiary/aromatic N) is 1. The second-order valence-electron chi connectivity index (χ2n) is 4.35. The number of alkyl halides is 1. The number of halogens is 1. The summed E-state index contributed by atoms with van der Waals surface area (Å²) in [5.41, 5.74) is 0.667. The molecule has 0 heterocycles. The first kappa shape index (κ1) is 12.9. The van der Waals surface area contributed by atoms with E-state index in [0.717, 1.165) is 19.3 Å². The van der Waals surface area contributed by atoms with Gasteiger partial charge in [0.1, 0.15) is 0 Å². The van der Waals surface area contributed by atoms with Crippen LogP contribution in [0.4, 0.5) is 0 Å². The molecule has 0 spiro atoms. The molecule has 0 atom stereocenters. The highest BCUT2D eigenvalue weighted by Crippen LogP contribution is 2.29. The van der Waals surface area contributed by atoms with Crippen LogP contribution >= 0.6 is 11.6 Å². The molecule has 0 bridgehead atoms. The van der Waals surface area contributed by atoms with Crippen molar-refractivity contribution in [3.8, 4) is 0 Å². The van der Waals surface area contributed by atoms with Crippen molar-refractivity contribution >= 4 is 21.6 Å². The molecule has 94 valence electrons. The molecule has 3 nitrogen and oxygen atoms in total. The monoisotopic (exact) mass is 273 g/mol. The molecule has 1 fully saturated rings. The van der Waals surface area contributed by atoms with Crippen molar-refractivity contribution in [1.29, 1.82) is 0 Å². The van der Waals surface area contributed by atoms with E-state index in [2.05, 4.69) is 0 Å². The summed E-state index contributed by atoms with van der Waals surface area (Å²) in [5.74, 6) is 0.216. The summed E-state index contributed by atoms with van der Waals surface area (Å²) < 4.78 is 26.3. The molecule has 2 rings (SSSR count). The molecule has 0 radical (unpaired) electrons. The van der Waals surface area contributed by atoms with Crippen molar-refractivity contribution in [3.63, 3.8) is 0 Å². The molecule has 0 aliphatic heterocycles. The van der Waals surface area contributed by atoms with E-state index in [4.69, 9.17) is 11.6 Å². The number of hydrogen-bond acceptors (Lipinski definition) is 2. The van der Waals surface area contributed by atoms with Crippen molar-refractivity contribution in [2.75, 3.05) is 7.05 Å². The molecule has 0 N–H and O–H groups in total. The summed E-state index contributed by atoms with van der Waals surface area (Å²) in [5, 5.41) is 0. The van der Waals surface area contributed by atoms with Crippen molar-refractivity contribution in [2.24, 2.45) is 0 Å². The van der Waals surface area contributed by atoms with Gasteiger partial charge in [-0.05, 0) is 24.5 Å². The fourth-order valence-corrected chi connectivity index (χ4v) is 3.92. The first-order valence-electron chi connectivity index (χ1n) is 5.69. The first-order chi connectivity index (χ1) is 8.07. The standard InChI is InChI=1S/C12H16ClNO2S/c1-14(11-6-4-7-11)17(15,16)12-8-3-2-5-10(12)9-13/h2-3,5,8,11H,4,6-7,9H2,1H3. The number of hydrogen-bond donors (Lipinski definition) is 0. The lowest BCUT2D eigenvalue weighted by Gasteiger charge is -2.34. The Morgan fingerprint density at radius 3 is 2.53 bits per heavy atom. The van der Waals surface area contributed by atoms with Crippen LogP contribution in [0.25, 0.3) is 0 Å². The third kappa shape index (κ3) is 2.34. The normalized spacial score (nSPS) is 17.1. The van der Waals surface area contributed by atoms with Crippen molar-refractivity contribution < 1.29 is 8.42 Å². The van der Waals surface area contributed by atoms with Crippen LogP contribution in [0.2, 0.25) is 0 Å². The Balaban J connectivity index is 2.36. The van der Waals surface area contributed by atoms with Gasteiger partial charge >= 0.3 is 0 Å². The summed E-state index contributed by atoms with van der Waals surface area (Å²) in [6.07, 6.45) is 3.03. The SMILES string of the molecule is CN(C1CCC1)S(=O)(=O)c1ccccc1CCl. The summed E-state index contributed by atoms with van der Waals surface area (Å²) in [6.45, 7) is 0. The maximum Gasteiger partial charge on any atom is 0.243 e. The average Bonchev–Trinajstić information content (AvgIpc) is 2.26. The van der Waals surface area contributed by atoms with Crippen molar-refractivity contribution in [2.45, 2.75) is 36.1 Å². The van der Waals surface area contributed by atoms with Crippen LogP contribution < -0.4 is 0 Å². The Labute approximate surface area is 107 Å². The number of sulfonamides is 1. The van der Waals surface area contributed by atoms with Crippen LogP contribution in [0.3, 0.4) is 0 Å². The van der Waals surface area contributed by atoms with E-state index >= 15 is 0 Å². The van der Waals surface area contributed by atoms with Gasteiger partial charge in [-0.2, -0.15) is 4.31 Å². The van der Waals surface area contributed by atoms with Crippen LogP contribution in [0.15, 0.2) is 29.2 Å². The van der Waals surface area contributed by atoms with Gasteiger partial charge < -0.3 is 0 Å². The van der Waals surface area contributed by atoms with Gasteiger partial charge in [0, 0.05) is 19.0 Å². The van der Waals surface area contributed by atoms with Gasteiger partial charge in [-0.1, -0.05) is 24.6 Å². The Morgan fingerprint density at radius 1 is 1.35 bits per heavy atom. The van der Waals surface area contributed by atoms with E-state index in [-0.39, 0.29) is 11.9 Å². The average molecular weight is 274 g/mol. The second kappa shape index (κ2) is 4.96. The molecule has 1 aromatic carbocycles. The quantitative estimate of drug-likeness (QED) is 0.791. The third-order valence-electron chi connectivity index (χ3n) is 3.36. The number of rotatable bonds is 4. The predicted molar refractivity (Wildman–Crippen MR) is 68.6 cm³/mol. The molecular weight excluding hydrogens is 258 g/mol. The second-order valence-corrected chi connectivity index (χ2v) is 6.58. The van der Waals surface area contributed by atoms with Crippen LogP contribution in [0.1, 0.15) is 24.8 Å². The largest absolute Gasteiger partial charge is 0.243 e. The molecule has 0 unspecified atom stereocenters. The van der Waals surface area contributed by atoms with Gasteiger partial charge in [0.2, 0.25) is 10.0 Å². The maximum absolute atomic E-state index is 12.4. The van der Waals surface area contributed by atoms with Crippen LogP contribution in [0, 0.1) is 0 Å². The Hall–Kier alpha value is -0.580. The molecule has 1 aromatic rings. The van der Waals surface area contributed by atoms with E-state index in [0.29, 0.717) is 10.5 Å². The molecular formula is C12H16ClNO2S. The van der Waals surface area contributed by atoms with E-state index in [1.165, 1.54) is 4.31 Å². The summed E-state index contributed by atoms with van der Waals surface area (Å²) in [7, 11) is -1.74. The minimum absolute atomic E-state index is 0.156. The molecule has 17 heavy (non-hydrogen) atoms. The molecule has 0 amide bonds. The highest BCUT2D eigenvalue weighted by atomic mass is 35.5. The Morgan fingerprint density at radius 2 is 2.00 bits per heavy atom. The summed E-state index contributed by atoms with van der Waals surface area (Å²) in [4.78, 5) is 0.337. The molecule has 1 aliphatic rings. The van der Waals surface area contributed by atoms with Crippen molar-refractivity contribution in [1.82, 2.24) is 4.31 Å². The highest BCUT2D eigenvalue weighted by molar-refractivity contribution is 7.89. The van der Waals surface area contributed by atoms with E-state index in [1.54, 1.807) is 31.3 Å². The fourth-order valence-electron chi connectivity index (χ4n) is 1.97. The lowest BCUT2D eigenvalue weighted by Crippen LogP contribution is -2.41. The lowest BCUT2D eigenvalue weighted by atomic mass is 9.94. The topological polar surface area (TPSA) is 37.4 Å². The predicted octanol–water partition coefficient (Wildman–Crippen LogP) is 2.60. The zero-order valence-corrected chi connectivity index (χ0v) is 11.3. The van der Waals surface area contributed by atoms with Crippen LogP contribution in [-0.4, -0.2) is 25.8 Å². The zero-order chi connectivity index (χ0) is 12.5. The zero-order valence-electron chi connectivity index (χ0n) is 9.77. The smallest absolute Gasteiger partial charge is 0.207 e. The van der Waals surface area contributed by atoms with E-state index < -0.39 is 10.0 Å². The molecule has 0 saturated heterocycles. The van der Waals surface area contributed by atoms with Gasteiger partial charge in [-0.3, -0.25) is 0 Å². The van der Waals surface area contributed by atoms with Gasteiger partial charge in [0.05, 0.1) is 4.90 Å². The molecule has 0 aromatic heterocycles. The van der Waals surface area contributed by atoms with Gasteiger partial charge in [0.25, 0.3) is 0 Å². The molecule has 1 aliphatic carbocycles. The highest BCUT2D eigenvalue weighted by Gasteiger charge is 2.32. The van der Waals surface area contributed by atoms with Gasteiger partial charge in [-0.25, -0.2) is 8.42 Å². The third-order valence-corrected chi connectivity index (χ3v) is 5.66. The maximum atomic E-state index is 12.4. The summed E-state index contributed by atoms with van der Waals surface area (Å²) >= 11 is 5.79. The Kier molecular flexibility index (Phi) is 3.76. The van der Waals surface area contributed by atoms with Gasteiger partial charge in [0.15, 0.2) is 0 Å². The minimum atomic E-state index is -3.39. The lowest BCUT2D eigenvalue weighted by molar-refractivity contribution is 0.249. The van der Waals surface area contributed by atoms with Crippen LogP contribution in [-0.2, 0) is 15.9 Å². The fraction of sp³-hybridized carbons (Fsp3) is 0.500. The van der Waals surface area contributed by atoms with E-state index in [9.17, 15) is 8.42 Å². The molecule has 1 saturated carbocycles. The first-order valence-corrected chi connectivity index (χ1v) is 7.66. The molecule has 5 heteroatoms. The van der Waals surface area contributed by atoms with E-state index in [1.807, 2.05) is 0 Å². The summed E-state index contributed by atoms with van der Waals surface area (Å²) in [6, 6.07) is 7.08. The minimum Gasteiger partial charge on any atom is -0.207 e. The van der Waals surface area contributed by atoms with Crippen molar-refractivity contribution in [3.05, 3.63) is 29.8 Å².